The van der Waals surface area contributed by atoms with Crippen molar-refractivity contribution in [2.45, 2.75) is 12.3 Å². The molecular formula is C54H39N. The van der Waals surface area contributed by atoms with Gasteiger partial charge in [0.15, 0.2) is 0 Å². The van der Waals surface area contributed by atoms with E-state index in [1.54, 1.807) is 0 Å². The van der Waals surface area contributed by atoms with E-state index in [2.05, 4.69) is 230 Å². The summed E-state index contributed by atoms with van der Waals surface area (Å²) < 4.78 is 0. The van der Waals surface area contributed by atoms with Crippen LogP contribution < -0.4 is 4.90 Å². The van der Waals surface area contributed by atoms with Crippen molar-refractivity contribution in [1.82, 2.24) is 0 Å². The Morgan fingerprint density at radius 2 is 0.909 bits per heavy atom. The molecule has 0 heterocycles. The summed E-state index contributed by atoms with van der Waals surface area (Å²) >= 11 is 0. The summed E-state index contributed by atoms with van der Waals surface area (Å²) in [5.41, 5.74) is 16.9. The van der Waals surface area contributed by atoms with Crippen LogP contribution in [0.1, 0.15) is 23.6 Å². The first-order valence-electron chi connectivity index (χ1n) is 19.1. The van der Waals surface area contributed by atoms with Crippen LogP contribution in [0.2, 0.25) is 0 Å². The van der Waals surface area contributed by atoms with Crippen LogP contribution in [0.4, 0.5) is 17.1 Å². The minimum absolute atomic E-state index is 0.296. The van der Waals surface area contributed by atoms with Gasteiger partial charge in [-0.3, -0.25) is 0 Å². The average Bonchev–Trinajstić information content (AvgIpc) is 3.54. The number of rotatable bonds is 7. The molecule has 1 nitrogen and oxygen atoms in total. The highest BCUT2D eigenvalue weighted by molar-refractivity contribution is 5.99. The zero-order valence-electron chi connectivity index (χ0n) is 30.7. The molecule has 260 valence electrons. The minimum Gasteiger partial charge on any atom is -0.310 e. The van der Waals surface area contributed by atoms with Crippen LogP contribution in [-0.2, 0) is 5.41 Å². The number of hydrogen-bond donors (Lipinski definition) is 0. The fraction of sp³-hybridized carbons (Fsp3) is 0.0370. The van der Waals surface area contributed by atoms with Gasteiger partial charge in [0.05, 0.1) is 5.69 Å². The lowest BCUT2D eigenvalue weighted by atomic mass is 9.74. The molecule has 0 saturated carbocycles. The normalized spacial score (nSPS) is 14.3. The van der Waals surface area contributed by atoms with Crippen molar-refractivity contribution in [3.63, 3.8) is 0 Å². The van der Waals surface area contributed by atoms with Gasteiger partial charge in [-0.1, -0.05) is 188 Å². The van der Waals surface area contributed by atoms with E-state index in [1.807, 2.05) is 0 Å². The average molecular weight is 702 g/mol. The summed E-state index contributed by atoms with van der Waals surface area (Å²) in [4.78, 5) is 2.46. The summed E-state index contributed by atoms with van der Waals surface area (Å²) in [5, 5.41) is 2.51. The Hall–Kier alpha value is -6.96. The van der Waals surface area contributed by atoms with E-state index in [9.17, 15) is 0 Å². The first-order chi connectivity index (χ1) is 27.2. The van der Waals surface area contributed by atoms with E-state index in [-0.39, 0.29) is 5.41 Å². The molecule has 0 spiro atoms. The van der Waals surface area contributed by atoms with Crippen molar-refractivity contribution in [2.24, 2.45) is 0 Å². The molecular weight excluding hydrogens is 663 g/mol. The molecule has 0 bridgehead atoms. The highest BCUT2D eigenvalue weighted by Crippen LogP contribution is 2.56. The minimum atomic E-state index is -0.296. The van der Waals surface area contributed by atoms with Gasteiger partial charge in [-0.25, -0.2) is 0 Å². The van der Waals surface area contributed by atoms with Crippen molar-refractivity contribution < 1.29 is 0 Å². The zero-order chi connectivity index (χ0) is 36.8. The standard InChI is InChI=1S/C54H39N/c1-54(44-20-6-3-7-21-44)50-26-11-10-24-49(50)53-51(54)27-14-28-52(53)55(45-35-33-42(34-36-45)48-25-13-18-41-17-8-9-23-47(41)48)46-22-12-19-43(37-46)40-31-29-39(30-32-40)38-15-4-2-5-16-38/h2-37H,1H3. The van der Waals surface area contributed by atoms with Crippen molar-refractivity contribution in [3.8, 4) is 44.5 Å². The number of hydrogen-bond acceptors (Lipinski definition) is 1. The summed E-state index contributed by atoms with van der Waals surface area (Å²) in [7, 11) is 0. The van der Waals surface area contributed by atoms with Crippen molar-refractivity contribution in [3.05, 3.63) is 235 Å². The van der Waals surface area contributed by atoms with Gasteiger partial charge >= 0.3 is 0 Å². The molecule has 0 aromatic heterocycles. The Kier molecular flexibility index (Phi) is 8.00. The third-order valence-electron chi connectivity index (χ3n) is 11.6. The topological polar surface area (TPSA) is 3.24 Å². The predicted molar refractivity (Wildman–Crippen MR) is 232 cm³/mol. The predicted octanol–water partition coefficient (Wildman–Crippen LogP) is 14.6. The summed E-state index contributed by atoms with van der Waals surface area (Å²) in [6.07, 6.45) is 0. The van der Waals surface area contributed by atoms with Gasteiger partial charge in [-0.2, -0.15) is 0 Å². The van der Waals surface area contributed by atoms with Crippen LogP contribution >= 0.6 is 0 Å². The lowest BCUT2D eigenvalue weighted by Gasteiger charge is -2.31. The van der Waals surface area contributed by atoms with Gasteiger partial charge in [-0.05, 0) is 104 Å². The van der Waals surface area contributed by atoms with Gasteiger partial charge in [-0.15, -0.1) is 0 Å². The highest BCUT2D eigenvalue weighted by atomic mass is 15.1. The highest BCUT2D eigenvalue weighted by Gasteiger charge is 2.42. The number of fused-ring (bicyclic) bond motifs is 4. The first kappa shape index (κ1) is 32.7. The Morgan fingerprint density at radius 1 is 0.364 bits per heavy atom. The first-order valence-corrected chi connectivity index (χ1v) is 19.1. The SMILES string of the molecule is CC1(c2ccccc2)c2ccccc2-c2c(N(c3ccc(-c4cccc5ccccc45)cc3)c3cccc(-c4ccc(-c5ccccc5)cc4)c3)cccc21. The van der Waals surface area contributed by atoms with Gasteiger partial charge in [0.2, 0.25) is 0 Å². The molecule has 1 aliphatic carbocycles. The van der Waals surface area contributed by atoms with E-state index in [4.69, 9.17) is 0 Å². The third-order valence-corrected chi connectivity index (χ3v) is 11.6. The molecule has 10 rings (SSSR count). The molecule has 1 atom stereocenters. The second kappa shape index (κ2) is 13.5. The smallest absolute Gasteiger partial charge is 0.0543 e. The largest absolute Gasteiger partial charge is 0.310 e. The molecule has 0 fully saturated rings. The second-order valence-electron chi connectivity index (χ2n) is 14.6. The Morgan fingerprint density at radius 3 is 1.71 bits per heavy atom. The van der Waals surface area contributed by atoms with Crippen molar-refractivity contribution in [2.75, 3.05) is 4.90 Å². The van der Waals surface area contributed by atoms with E-state index in [0.717, 1.165) is 11.4 Å². The fourth-order valence-corrected chi connectivity index (χ4v) is 8.80. The Bertz CT molecular complexity index is 2800. The molecule has 0 amide bonds. The number of nitrogens with zero attached hydrogens (tertiary/aromatic N) is 1. The number of benzene rings is 9. The van der Waals surface area contributed by atoms with Crippen molar-refractivity contribution >= 4 is 27.8 Å². The molecule has 0 saturated heterocycles. The van der Waals surface area contributed by atoms with Gasteiger partial charge in [0, 0.05) is 22.4 Å². The lowest BCUT2D eigenvalue weighted by molar-refractivity contribution is 0.714. The second-order valence-corrected chi connectivity index (χ2v) is 14.6. The molecule has 0 radical (unpaired) electrons. The summed E-state index contributed by atoms with van der Waals surface area (Å²) in [5.74, 6) is 0. The Labute approximate surface area is 323 Å². The van der Waals surface area contributed by atoms with E-state index >= 15 is 0 Å². The zero-order valence-corrected chi connectivity index (χ0v) is 30.7. The van der Waals surface area contributed by atoms with Crippen LogP contribution in [0, 0.1) is 0 Å². The van der Waals surface area contributed by atoms with Crippen LogP contribution in [0.15, 0.2) is 218 Å². The van der Waals surface area contributed by atoms with Crippen LogP contribution in [0.3, 0.4) is 0 Å². The molecule has 1 unspecified atom stereocenters. The van der Waals surface area contributed by atoms with E-state index in [0.29, 0.717) is 0 Å². The van der Waals surface area contributed by atoms with Crippen molar-refractivity contribution in [1.29, 1.82) is 0 Å². The van der Waals surface area contributed by atoms with Crippen LogP contribution in [0.5, 0.6) is 0 Å². The van der Waals surface area contributed by atoms with E-state index < -0.39 is 0 Å². The third kappa shape index (κ3) is 5.56. The molecule has 0 N–H and O–H groups in total. The van der Waals surface area contributed by atoms with Gasteiger partial charge < -0.3 is 4.90 Å². The van der Waals surface area contributed by atoms with Gasteiger partial charge in [0.1, 0.15) is 0 Å². The lowest BCUT2D eigenvalue weighted by Crippen LogP contribution is -2.22. The fourth-order valence-electron chi connectivity index (χ4n) is 8.80. The monoisotopic (exact) mass is 701 g/mol. The molecule has 1 aliphatic rings. The van der Waals surface area contributed by atoms with Crippen LogP contribution in [-0.4, -0.2) is 0 Å². The quantitative estimate of drug-likeness (QED) is 0.160. The summed E-state index contributed by atoms with van der Waals surface area (Å²) in [6.45, 7) is 2.39. The maximum absolute atomic E-state index is 2.46. The van der Waals surface area contributed by atoms with Crippen LogP contribution in [0.25, 0.3) is 55.3 Å². The van der Waals surface area contributed by atoms with E-state index in [1.165, 1.54) is 77.7 Å². The summed E-state index contributed by atoms with van der Waals surface area (Å²) in [6, 6.07) is 79.7. The molecule has 9 aromatic carbocycles. The maximum atomic E-state index is 2.46. The maximum Gasteiger partial charge on any atom is 0.0543 e. The number of anilines is 3. The van der Waals surface area contributed by atoms with Gasteiger partial charge in [0.25, 0.3) is 0 Å². The Balaban J connectivity index is 1.15. The molecule has 55 heavy (non-hydrogen) atoms. The molecule has 0 aliphatic heterocycles. The molecule has 1 heteroatoms. The molecule has 9 aromatic rings.